The number of likely N-dealkylation sites (tertiary alicyclic amines) is 1. The predicted octanol–water partition coefficient (Wildman–Crippen LogP) is 3.71. The van der Waals surface area contributed by atoms with Crippen LogP contribution in [0.15, 0.2) is 36.5 Å². The quantitative estimate of drug-likeness (QED) is 0.257. The number of thiazole rings is 1. The summed E-state index contributed by atoms with van der Waals surface area (Å²) >= 11 is 1.30. The fourth-order valence-electron chi connectivity index (χ4n) is 6.51. The Bertz CT molecular complexity index is 1460. The number of hydrogen-bond acceptors (Lipinski definition) is 11. The van der Waals surface area contributed by atoms with Gasteiger partial charge in [-0.3, -0.25) is 24.6 Å². The van der Waals surface area contributed by atoms with Crippen LogP contribution in [0, 0.1) is 6.92 Å². The van der Waals surface area contributed by atoms with Gasteiger partial charge in [0.1, 0.15) is 17.5 Å². The monoisotopic (exact) mass is 616 g/mol. The molecule has 1 aromatic carbocycles. The molecular weight excluding hydrogens is 576 g/mol. The molecule has 0 radical (unpaired) electrons. The van der Waals surface area contributed by atoms with Gasteiger partial charge in [-0.25, -0.2) is 15.0 Å². The number of benzene rings is 1. The van der Waals surface area contributed by atoms with Crippen LogP contribution in [-0.2, 0) is 9.59 Å². The van der Waals surface area contributed by atoms with E-state index in [-0.39, 0.29) is 17.7 Å². The number of nitrogens with zero attached hydrogens (tertiary/aromatic N) is 6. The van der Waals surface area contributed by atoms with Crippen LogP contribution in [0.25, 0.3) is 0 Å². The van der Waals surface area contributed by atoms with Crippen molar-refractivity contribution in [2.24, 2.45) is 0 Å². The zero-order valence-electron chi connectivity index (χ0n) is 25.2. The Labute approximate surface area is 262 Å². The van der Waals surface area contributed by atoms with E-state index in [0.29, 0.717) is 40.4 Å². The maximum Gasteiger partial charge on any atom is 0.234 e. The second-order valence-corrected chi connectivity index (χ2v) is 13.0. The average molecular weight is 617 g/mol. The zero-order chi connectivity index (χ0) is 30.5. The van der Waals surface area contributed by atoms with Crippen LogP contribution in [0.4, 0.5) is 16.8 Å². The molecule has 44 heavy (non-hydrogen) atoms. The van der Waals surface area contributed by atoms with Crippen molar-refractivity contribution in [1.29, 1.82) is 0 Å². The minimum atomic E-state index is -0.216. The Hall–Kier alpha value is -3.74. The van der Waals surface area contributed by atoms with Crippen LogP contribution >= 0.6 is 11.3 Å². The number of nitrogens with one attached hydrogen (secondary N) is 2. The third-order valence-corrected chi connectivity index (χ3v) is 9.82. The van der Waals surface area contributed by atoms with Gasteiger partial charge in [0.05, 0.1) is 17.0 Å². The lowest BCUT2D eigenvalue weighted by Gasteiger charge is -2.36. The van der Waals surface area contributed by atoms with Gasteiger partial charge in [0.25, 0.3) is 0 Å². The Morgan fingerprint density at radius 2 is 1.66 bits per heavy atom. The molecule has 3 aliphatic heterocycles. The van der Waals surface area contributed by atoms with Gasteiger partial charge >= 0.3 is 0 Å². The summed E-state index contributed by atoms with van der Waals surface area (Å²) < 4.78 is 0. The molecule has 6 rings (SSSR count). The number of carbonyl (C=O) groups excluding carboxylic acids is 3. The third kappa shape index (κ3) is 7.48. The van der Waals surface area contributed by atoms with Gasteiger partial charge in [0, 0.05) is 38.7 Å². The van der Waals surface area contributed by atoms with Crippen molar-refractivity contribution in [3.63, 3.8) is 0 Å². The Kier molecular flexibility index (Phi) is 9.58. The summed E-state index contributed by atoms with van der Waals surface area (Å²) in [7, 11) is 0. The van der Waals surface area contributed by atoms with Gasteiger partial charge in [0.15, 0.2) is 11.4 Å². The van der Waals surface area contributed by atoms with Crippen molar-refractivity contribution >= 4 is 46.2 Å². The highest BCUT2D eigenvalue weighted by Crippen LogP contribution is 2.31. The minimum absolute atomic E-state index is 0.168. The normalized spacial score (nSPS) is 20.5. The number of anilines is 3. The molecule has 0 spiro atoms. The minimum Gasteiger partial charge on any atom is -0.354 e. The van der Waals surface area contributed by atoms with Crippen molar-refractivity contribution in [3.05, 3.63) is 58.4 Å². The average Bonchev–Trinajstić information content (AvgIpc) is 3.49. The number of piperidine rings is 2. The maximum atomic E-state index is 12.2. The van der Waals surface area contributed by atoms with E-state index in [1.54, 1.807) is 6.20 Å². The largest absolute Gasteiger partial charge is 0.354 e. The summed E-state index contributed by atoms with van der Waals surface area (Å²) in [5, 5.41) is 6.32. The van der Waals surface area contributed by atoms with Crippen LogP contribution < -0.4 is 15.5 Å². The van der Waals surface area contributed by atoms with Gasteiger partial charge in [-0.2, -0.15) is 0 Å². The number of aldehydes is 1. The van der Waals surface area contributed by atoms with Gasteiger partial charge in [0.2, 0.25) is 11.8 Å². The van der Waals surface area contributed by atoms with Gasteiger partial charge in [-0.05, 0) is 75.8 Å². The van der Waals surface area contributed by atoms with E-state index in [1.807, 2.05) is 13.0 Å². The Morgan fingerprint density at radius 3 is 2.34 bits per heavy atom. The molecule has 0 bridgehead atoms. The Morgan fingerprint density at radius 1 is 0.955 bits per heavy atom. The summed E-state index contributed by atoms with van der Waals surface area (Å²) in [6.07, 6.45) is 6.86. The molecule has 0 aliphatic carbocycles. The molecule has 2 amide bonds. The predicted molar refractivity (Wildman–Crippen MR) is 171 cm³/mol. The number of aryl methyl sites for hydroxylation is 1. The smallest absolute Gasteiger partial charge is 0.234 e. The molecule has 1 atom stereocenters. The Balaban J connectivity index is 0.905. The molecule has 3 aromatic rings. The molecule has 232 valence electrons. The van der Waals surface area contributed by atoms with Crippen molar-refractivity contribution in [1.82, 2.24) is 30.1 Å². The summed E-state index contributed by atoms with van der Waals surface area (Å²) in [6.45, 7) is 10.2. The van der Waals surface area contributed by atoms with Gasteiger partial charge < -0.3 is 15.1 Å². The zero-order valence-corrected chi connectivity index (χ0v) is 26.0. The summed E-state index contributed by atoms with van der Waals surface area (Å²) in [5.41, 5.74) is 2.36. The van der Waals surface area contributed by atoms with Gasteiger partial charge in [-0.15, -0.1) is 0 Å². The van der Waals surface area contributed by atoms with E-state index in [1.165, 1.54) is 23.3 Å². The molecule has 3 saturated heterocycles. The van der Waals surface area contributed by atoms with Crippen LogP contribution in [-0.4, -0.2) is 95.2 Å². The topological polar surface area (TPSA) is 124 Å². The molecule has 3 fully saturated rings. The van der Waals surface area contributed by atoms with Crippen molar-refractivity contribution in [2.75, 3.05) is 62.6 Å². The number of imide groups is 1. The molecule has 5 heterocycles. The first-order valence-corrected chi connectivity index (χ1v) is 16.4. The lowest BCUT2D eigenvalue weighted by atomic mass is 9.86. The first-order chi connectivity index (χ1) is 21.4. The molecule has 2 N–H and O–H groups in total. The first-order valence-electron chi connectivity index (χ1n) is 15.6. The molecule has 1 unspecified atom stereocenters. The van der Waals surface area contributed by atoms with E-state index < -0.39 is 0 Å². The lowest BCUT2D eigenvalue weighted by Crippen LogP contribution is -2.47. The van der Waals surface area contributed by atoms with Crippen LogP contribution in [0.3, 0.4) is 0 Å². The van der Waals surface area contributed by atoms with E-state index in [0.717, 1.165) is 82.9 Å². The number of aromatic nitrogens is 3. The summed E-state index contributed by atoms with van der Waals surface area (Å²) in [4.78, 5) is 56.1. The van der Waals surface area contributed by atoms with Crippen LogP contribution in [0.1, 0.15) is 70.6 Å². The fraction of sp³-hybridized carbons (Fsp3) is 0.500. The molecule has 2 aromatic heterocycles. The highest BCUT2D eigenvalue weighted by atomic mass is 32.1. The summed E-state index contributed by atoms with van der Waals surface area (Å²) in [6, 6.07) is 10.5. The first kappa shape index (κ1) is 30.3. The molecule has 3 aliphatic rings. The molecule has 11 nitrogen and oxygen atoms in total. The third-order valence-electron chi connectivity index (χ3n) is 8.98. The molecule has 0 saturated carbocycles. The van der Waals surface area contributed by atoms with Gasteiger partial charge in [-0.1, -0.05) is 35.6 Å². The van der Waals surface area contributed by atoms with Crippen molar-refractivity contribution in [3.8, 4) is 0 Å². The fourth-order valence-corrected chi connectivity index (χ4v) is 7.14. The number of piperazine rings is 1. The second-order valence-electron chi connectivity index (χ2n) is 11.9. The van der Waals surface area contributed by atoms with E-state index in [4.69, 9.17) is 0 Å². The van der Waals surface area contributed by atoms with E-state index in [2.05, 4.69) is 64.6 Å². The number of hydrogen-bond donors (Lipinski definition) is 2. The maximum absolute atomic E-state index is 12.2. The standard InChI is InChI=1S/C32H40N8O3S/c1-22-34-28(36-32-33-20-26(21-41)44-32)19-29(35-22)40-17-15-39(16-18-40)12-2-11-38-13-9-24(10-14-38)23-3-5-25(6-4-23)27-7-8-30(42)37-31(27)43/h3-6,19-21,24,27H,2,7-18H2,1H3,(H,37,42,43)(H,33,34,35,36). The number of rotatable bonds is 10. The number of amides is 2. The van der Waals surface area contributed by atoms with Crippen molar-refractivity contribution in [2.45, 2.75) is 50.9 Å². The molecule has 12 heteroatoms. The van der Waals surface area contributed by atoms with Crippen LogP contribution in [0.2, 0.25) is 0 Å². The van der Waals surface area contributed by atoms with E-state index in [9.17, 15) is 14.4 Å². The van der Waals surface area contributed by atoms with E-state index >= 15 is 0 Å². The SMILES string of the molecule is Cc1nc(Nc2ncc(C=O)s2)cc(N2CCN(CCCN3CCC(c4ccc(C5CCC(=O)NC5=O)cc4)CC3)CC2)n1. The highest BCUT2D eigenvalue weighted by Gasteiger charge is 2.28. The highest BCUT2D eigenvalue weighted by molar-refractivity contribution is 7.17. The second kappa shape index (κ2) is 13.9. The van der Waals surface area contributed by atoms with Crippen molar-refractivity contribution < 1.29 is 14.4 Å². The molecular formula is C32H40N8O3S. The van der Waals surface area contributed by atoms with Crippen LogP contribution in [0.5, 0.6) is 0 Å². The summed E-state index contributed by atoms with van der Waals surface area (Å²) in [5.74, 6) is 2.32. The lowest BCUT2D eigenvalue weighted by molar-refractivity contribution is -0.134. The number of carbonyl (C=O) groups is 3.